The van der Waals surface area contributed by atoms with Crippen molar-refractivity contribution in [2.24, 2.45) is 12.8 Å². The lowest BCUT2D eigenvalue weighted by molar-refractivity contribution is -0.117. The molecule has 0 aliphatic rings. The molecule has 0 fully saturated rings. The lowest BCUT2D eigenvalue weighted by Crippen LogP contribution is -2.37. The van der Waals surface area contributed by atoms with Crippen molar-refractivity contribution in [1.29, 1.82) is 0 Å². The van der Waals surface area contributed by atoms with Gasteiger partial charge in [0.1, 0.15) is 5.76 Å². The highest BCUT2D eigenvalue weighted by atomic mass is 32.1. The van der Waals surface area contributed by atoms with Gasteiger partial charge >= 0.3 is 0 Å². The summed E-state index contributed by atoms with van der Waals surface area (Å²) in [5.74, 6) is 1.06. The topological polar surface area (TPSA) is 112 Å². The van der Waals surface area contributed by atoms with E-state index < -0.39 is 6.04 Å². The molecule has 3 aromatic heterocycles. The molecule has 3 N–H and O–H groups in total. The fraction of sp³-hybridized carbons (Fsp3) is 0.368. The molecule has 3 heterocycles. The number of carbonyl (C=O) groups excluding carboxylic acids is 1. The van der Waals surface area contributed by atoms with Crippen molar-refractivity contribution >= 4 is 34.5 Å². The van der Waals surface area contributed by atoms with Crippen LogP contribution < -0.4 is 11.1 Å². The van der Waals surface area contributed by atoms with Crippen LogP contribution in [0, 0.1) is 0 Å². The maximum atomic E-state index is 12.3. The molecule has 0 aliphatic heterocycles. The summed E-state index contributed by atoms with van der Waals surface area (Å²) in [6.07, 6.45) is 10.9. The van der Waals surface area contributed by atoms with Crippen molar-refractivity contribution in [2.75, 3.05) is 5.32 Å². The summed E-state index contributed by atoms with van der Waals surface area (Å²) in [6, 6.07) is -0.694. The van der Waals surface area contributed by atoms with Gasteiger partial charge in [0.2, 0.25) is 11.8 Å². The number of carbonyl (C=O) groups is 1. The molecule has 0 unspecified atom stereocenters. The number of amides is 1. The number of anilines is 1. The third kappa shape index (κ3) is 5.14. The summed E-state index contributed by atoms with van der Waals surface area (Å²) in [4.78, 5) is 25.8. The summed E-state index contributed by atoms with van der Waals surface area (Å²) >= 11 is 1.35. The van der Waals surface area contributed by atoms with Gasteiger partial charge in [0.15, 0.2) is 5.13 Å². The van der Waals surface area contributed by atoms with E-state index in [1.54, 1.807) is 24.8 Å². The summed E-state index contributed by atoms with van der Waals surface area (Å²) in [5, 5.41) is 3.24. The fourth-order valence-electron chi connectivity index (χ4n) is 2.37. The number of nitrogens with two attached hydrogens (primary N) is 1. The average Bonchev–Trinajstić information content (AvgIpc) is 3.33. The van der Waals surface area contributed by atoms with Crippen LogP contribution in [0.4, 0.5) is 5.13 Å². The van der Waals surface area contributed by atoms with Crippen LogP contribution in [0.25, 0.3) is 12.2 Å². The van der Waals surface area contributed by atoms with E-state index >= 15 is 0 Å². The quantitative estimate of drug-likeness (QED) is 0.658. The van der Waals surface area contributed by atoms with Gasteiger partial charge < -0.3 is 20.0 Å². The number of hydrogen-bond donors (Lipinski definition) is 2. The van der Waals surface area contributed by atoms with Gasteiger partial charge in [-0.15, -0.1) is 0 Å². The van der Waals surface area contributed by atoms with E-state index in [9.17, 15) is 4.79 Å². The van der Waals surface area contributed by atoms with Crippen LogP contribution in [-0.4, -0.2) is 31.5 Å². The number of aryl methyl sites for hydroxylation is 1. The van der Waals surface area contributed by atoms with Gasteiger partial charge in [-0.25, -0.2) is 15.0 Å². The minimum absolute atomic E-state index is 0.0882. The Labute approximate surface area is 167 Å². The summed E-state index contributed by atoms with van der Waals surface area (Å²) in [7, 11) is 1.87. The molecule has 0 saturated carbocycles. The molecule has 0 saturated heterocycles. The second-order valence-electron chi connectivity index (χ2n) is 7.54. The molecule has 9 heteroatoms. The number of hydrogen-bond acceptors (Lipinski definition) is 7. The zero-order valence-electron chi connectivity index (χ0n) is 16.3. The maximum Gasteiger partial charge on any atom is 0.243 e. The molecule has 0 aromatic carbocycles. The zero-order valence-corrected chi connectivity index (χ0v) is 17.2. The number of nitrogens with one attached hydrogen (secondary N) is 1. The van der Waals surface area contributed by atoms with E-state index in [0.29, 0.717) is 17.4 Å². The largest absolute Gasteiger partial charge is 0.441 e. The van der Waals surface area contributed by atoms with E-state index in [-0.39, 0.29) is 11.3 Å². The molecule has 0 spiro atoms. The van der Waals surface area contributed by atoms with Crippen LogP contribution in [0.15, 0.2) is 29.3 Å². The highest BCUT2D eigenvalue weighted by Crippen LogP contribution is 2.24. The second kappa shape index (κ2) is 8.07. The molecule has 1 amide bonds. The molecule has 3 aromatic rings. The van der Waals surface area contributed by atoms with E-state index in [4.69, 9.17) is 10.2 Å². The summed E-state index contributed by atoms with van der Waals surface area (Å²) in [6.45, 7) is 6.20. The van der Waals surface area contributed by atoms with Gasteiger partial charge in [-0.3, -0.25) is 4.79 Å². The van der Waals surface area contributed by atoms with Crippen molar-refractivity contribution in [3.8, 4) is 0 Å². The predicted octanol–water partition coefficient (Wildman–Crippen LogP) is 2.84. The first-order valence-electron chi connectivity index (χ1n) is 8.84. The van der Waals surface area contributed by atoms with Crippen molar-refractivity contribution in [3.63, 3.8) is 0 Å². The van der Waals surface area contributed by atoms with E-state index in [2.05, 4.69) is 41.0 Å². The number of rotatable bonds is 6. The molecule has 28 heavy (non-hydrogen) atoms. The van der Waals surface area contributed by atoms with Crippen LogP contribution in [-0.2, 0) is 23.7 Å². The molecule has 148 valence electrons. The number of thiazole rings is 1. The molecule has 0 bridgehead atoms. The van der Waals surface area contributed by atoms with E-state index in [1.807, 2.05) is 23.9 Å². The molecule has 0 aliphatic carbocycles. The zero-order chi connectivity index (χ0) is 20.3. The number of oxazole rings is 1. The third-order valence-electron chi connectivity index (χ3n) is 3.93. The lowest BCUT2D eigenvalue weighted by Gasteiger charge is -2.12. The van der Waals surface area contributed by atoms with E-state index in [1.165, 1.54) is 11.3 Å². The van der Waals surface area contributed by atoms with Crippen LogP contribution >= 0.6 is 11.3 Å². The van der Waals surface area contributed by atoms with Gasteiger partial charge in [0.05, 0.1) is 24.3 Å². The Bertz CT molecular complexity index is 979. The maximum absolute atomic E-state index is 12.3. The minimum atomic E-state index is -0.694. The first kappa shape index (κ1) is 20.0. The Morgan fingerprint density at radius 1 is 1.32 bits per heavy atom. The number of nitrogens with zero attached hydrogens (tertiary/aromatic N) is 4. The Kier molecular flexibility index (Phi) is 5.76. The number of aromatic nitrogens is 4. The van der Waals surface area contributed by atoms with Crippen molar-refractivity contribution in [2.45, 2.75) is 38.6 Å². The van der Waals surface area contributed by atoms with Crippen molar-refractivity contribution in [3.05, 3.63) is 47.1 Å². The van der Waals surface area contributed by atoms with E-state index in [0.717, 1.165) is 16.3 Å². The molecular weight excluding hydrogens is 376 g/mol. The summed E-state index contributed by atoms with van der Waals surface area (Å²) < 4.78 is 7.54. The Morgan fingerprint density at radius 3 is 2.75 bits per heavy atom. The molecule has 0 radical (unpaired) electrons. The second-order valence-corrected chi connectivity index (χ2v) is 8.61. The third-order valence-corrected chi connectivity index (χ3v) is 4.81. The highest BCUT2D eigenvalue weighted by Gasteiger charge is 2.19. The van der Waals surface area contributed by atoms with Gasteiger partial charge in [-0.1, -0.05) is 32.1 Å². The van der Waals surface area contributed by atoms with Gasteiger partial charge in [-0.05, 0) is 6.08 Å². The Morgan fingerprint density at radius 2 is 2.11 bits per heavy atom. The standard InChI is InChI=1S/C19H24N6O2S/c1-19(2,3)15-9-21-16(27-15)6-5-13-8-22-18(28-13)24-17(26)14(20)7-12-10-25(4)11-23-12/h5-6,8-11,14H,7,20H2,1-4H3,(H,22,24,26)/t14-/m0/s1. The van der Waals surface area contributed by atoms with Gasteiger partial charge in [0, 0.05) is 42.2 Å². The van der Waals surface area contributed by atoms with Gasteiger partial charge in [0.25, 0.3) is 0 Å². The van der Waals surface area contributed by atoms with Crippen LogP contribution in [0.1, 0.15) is 43.0 Å². The monoisotopic (exact) mass is 400 g/mol. The van der Waals surface area contributed by atoms with Crippen molar-refractivity contribution < 1.29 is 9.21 Å². The van der Waals surface area contributed by atoms with Crippen LogP contribution in [0.2, 0.25) is 0 Å². The molecular formula is C19H24N6O2S. The molecule has 3 rings (SSSR count). The van der Waals surface area contributed by atoms with Crippen LogP contribution in [0.3, 0.4) is 0 Å². The van der Waals surface area contributed by atoms with Gasteiger partial charge in [-0.2, -0.15) is 0 Å². The first-order chi connectivity index (χ1) is 13.2. The molecule has 1 atom stereocenters. The summed E-state index contributed by atoms with van der Waals surface area (Å²) in [5.41, 5.74) is 6.65. The average molecular weight is 401 g/mol. The Hall–Kier alpha value is -2.78. The predicted molar refractivity (Wildman–Crippen MR) is 110 cm³/mol. The van der Waals surface area contributed by atoms with Crippen molar-refractivity contribution in [1.82, 2.24) is 19.5 Å². The normalized spacial score (nSPS) is 13.2. The Balaban J connectivity index is 1.57. The highest BCUT2D eigenvalue weighted by molar-refractivity contribution is 7.16. The number of imidazole rings is 1. The fourth-order valence-corrected chi connectivity index (χ4v) is 3.10. The lowest BCUT2D eigenvalue weighted by atomic mass is 9.94. The minimum Gasteiger partial charge on any atom is -0.441 e. The molecule has 8 nitrogen and oxygen atoms in total. The van der Waals surface area contributed by atoms with Crippen LogP contribution in [0.5, 0.6) is 0 Å². The SMILES string of the molecule is Cn1cnc(C[C@H](N)C(=O)Nc2ncc(C=Cc3ncc(C(C)(C)C)o3)s2)c1. The first-order valence-corrected chi connectivity index (χ1v) is 9.66. The smallest absolute Gasteiger partial charge is 0.243 e.